The van der Waals surface area contributed by atoms with Crippen LogP contribution in [0.1, 0.15) is 6.42 Å². The number of carbonyl (C=O) groups excluding carboxylic acids is 1. The zero-order valence-electron chi connectivity index (χ0n) is 12.1. The van der Waals surface area contributed by atoms with Gasteiger partial charge in [0.15, 0.2) is 0 Å². The number of hydrogen-bond acceptors (Lipinski definition) is 3. The SMILES string of the molecule is O=C([C@@H]1CC1(Cl)Cl)N1CCN(S(=O)(=O)c2ccccc2F)CC1. The van der Waals surface area contributed by atoms with Gasteiger partial charge in [-0.1, -0.05) is 12.1 Å². The molecule has 0 spiro atoms. The lowest BCUT2D eigenvalue weighted by molar-refractivity contribution is -0.133. The number of benzene rings is 1. The predicted octanol–water partition coefficient (Wildman–Crippen LogP) is 1.85. The third kappa shape index (κ3) is 3.20. The van der Waals surface area contributed by atoms with E-state index in [0.717, 1.165) is 6.07 Å². The zero-order valence-corrected chi connectivity index (χ0v) is 14.4. The molecule has 0 radical (unpaired) electrons. The molecule has 0 unspecified atom stereocenters. The average Bonchev–Trinajstić information content (AvgIpc) is 3.15. The van der Waals surface area contributed by atoms with Gasteiger partial charge in [0.25, 0.3) is 0 Å². The van der Waals surface area contributed by atoms with Crippen molar-refractivity contribution in [3.8, 4) is 0 Å². The van der Waals surface area contributed by atoms with Gasteiger partial charge in [-0.25, -0.2) is 12.8 Å². The minimum atomic E-state index is -3.90. The van der Waals surface area contributed by atoms with Crippen molar-refractivity contribution < 1.29 is 17.6 Å². The smallest absolute Gasteiger partial charge is 0.246 e. The zero-order chi connectivity index (χ0) is 16.8. The molecular weight excluding hydrogens is 366 g/mol. The van der Waals surface area contributed by atoms with Crippen LogP contribution in [0.5, 0.6) is 0 Å². The summed E-state index contributed by atoms with van der Waals surface area (Å²) in [7, 11) is -3.90. The summed E-state index contributed by atoms with van der Waals surface area (Å²) in [5.41, 5.74) is 0. The van der Waals surface area contributed by atoms with Crippen LogP contribution in [0.3, 0.4) is 0 Å². The summed E-state index contributed by atoms with van der Waals surface area (Å²) in [6.07, 6.45) is 0.419. The summed E-state index contributed by atoms with van der Waals surface area (Å²) in [6, 6.07) is 5.26. The molecule has 0 N–H and O–H groups in total. The predicted molar refractivity (Wildman–Crippen MR) is 84.3 cm³/mol. The molecule has 1 aliphatic heterocycles. The first-order chi connectivity index (χ1) is 10.7. The first-order valence-electron chi connectivity index (χ1n) is 7.15. The highest BCUT2D eigenvalue weighted by molar-refractivity contribution is 7.89. The fourth-order valence-corrected chi connectivity index (χ4v) is 4.63. The molecule has 5 nitrogen and oxygen atoms in total. The van der Waals surface area contributed by atoms with Crippen molar-refractivity contribution in [2.75, 3.05) is 26.2 Å². The maximum absolute atomic E-state index is 13.7. The monoisotopic (exact) mass is 380 g/mol. The van der Waals surface area contributed by atoms with Crippen LogP contribution in [0.15, 0.2) is 29.2 Å². The van der Waals surface area contributed by atoms with Crippen LogP contribution in [0.25, 0.3) is 0 Å². The molecule has 0 bridgehead atoms. The third-order valence-electron chi connectivity index (χ3n) is 4.13. The fraction of sp³-hybridized carbons (Fsp3) is 0.500. The van der Waals surface area contributed by atoms with Crippen LogP contribution in [0, 0.1) is 11.7 Å². The average molecular weight is 381 g/mol. The van der Waals surface area contributed by atoms with Gasteiger partial charge in [0.05, 0.1) is 5.92 Å². The first-order valence-corrected chi connectivity index (χ1v) is 9.34. The van der Waals surface area contributed by atoms with Crippen molar-refractivity contribution in [1.29, 1.82) is 0 Å². The van der Waals surface area contributed by atoms with E-state index in [1.54, 1.807) is 4.90 Å². The molecule has 1 saturated heterocycles. The maximum Gasteiger partial charge on any atom is 0.246 e. The summed E-state index contributed by atoms with van der Waals surface area (Å²) in [5, 5.41) is 0. The van der Waals surface area contributed by atoms with Gasteiger partial charge in [0.2, 0.25) is 15.9 Å². The molecule has 1 atom stereocenters. The summed E-state index contributed by atoms with van der Waals surface area (Å²) >= 11 is 11.8. The van der Waals surface area contributed by atoms with E-state index in [-0.39, 0.29) is 37.0 Å². The first kappa shape index (κ1) is 17.0. The second-order valence-corrected chi connectivity index (χ2v) is 9.13. The molecule has 1 aromatic carbocycles. The second kappa shape index (κ2) is 5.88. The van der Waals surface area contributed by atoms with E-state index in [4.69, 9.17) is 23.2 Å². The molecule has 23 heavy (non-hydrogen) atoms. The van der Waals surface area contributed by atoms with E-state index >= 15 is 0 Å². The molecular formula is C14H15Cl2FN2O3S. The van der Waals surface area contributed by atoms with Gasteiger partial charge in [-0.2, -0.15) is 4.31 Å². The highest BCUT2D eigenvalue weighted by Crippen LogP contribution is 2.53. The van der Waals surface area contributed by atoms with E-state index < -0.39 is 26.1 Å². The molecule has 2 aliphatic rings. The van der Waals surface area contributed by atoms with Gasteiger partial charge in [-0.3, -0.25) is 4.79 Å². The maximum atomic E-state index is 13.7. The fourth-order valence-electron chi connectivity index (χ4n) is 2.64. The molecule has 9 heteroatoms. The van der Waals surface area contributed by atoms with Gasteiger partial charge in [0, 0.05) is 26.2 Å². The number of carbonyl (C=O) groups is 1. The molecule has 1 aromatic rings. The number of piperazine rings is 1. The Hall–Kier alpha value is -0.890. The molecule has 1 aliphatic carbocycles. The number of hydrogen-bond donors (Lipinski definition) is 0. The Balaban J connectivity index is 1.67. The Morgan fingerprint density at radius 1 is 1.17 bits per heavy atom. The summed E-state index contributed by atoms with van der Waals surface area (Å²) in [6.45, 7) is 0.721. The normalized spacial score (nSPS) is 24.5. The number of halogens is 3. The second-order valence-electron chi connectivity index (χ2n) is 5.68. The quantitative estimate of drug-likeness (QED) is 0.751. The van der Waals surface area contributed by atoms with Crippen LogP contribution in [-0.2, 0) is 14.8 Å². The van der Waals surface area contributed by atoms with Crippen molar-refractivity contribution in [3.05, 3.63) is 30.1 Å². The number of sulfonamides is 1. The van der Waals surface area contributed by atoms with E-state index in [1.165, 1.54) is 22.5 Å². The Kier molecular flexibility index (Phi) is 4.33. The standard InChI is InChI=1S/C14H15Cl2FN2O3S/c15-14(16)9-10(14)13(20)18-5-7-19(8-6-18)23(21,22)12-4-2-1-3-11(12)17/h1-4,10H,5-9H2/t10-/m0/s1. The molecule has 2 fully saturated rings. The van der Waals surface area contributed by atoms with Crippen LogP contribution < -0.4 is 0 Å². The van der Waals surface area contributed by atoms with Crippen molar-refractivity contribution in [3.63, 3.8) is 0 Å². The van der Waals surface area contributed by atoms with Crippen molar-refractivity contribution in [2.24, 2.45) is 5.92 Å². The molecule has 1 saturated carbocycles. The van der Waals surface area contributed by atoms with Gasteiger partial charge in [0.1, 0.15) is 15.0 Å². The molecule has 1 heterocycles. The van der Waals surface area contributed by atoms with Crippen LogP contribution in [0.2, 0.25) is 0 Å². The number of rotatable bonds is 3. The van der Waals surface area contributed by atoms with E-state index in [0.29, 0.717) is 6.42 Å². The lowest BCUT2D eigenvalue weighted by Gasteiger charge is -2.34. The molecule has 0 aromatic heterocycles. The summed E-state index contributed by atoms with van der Waals surface area (Å²) in [5.74, 6) is -1.35. The van der Waals surface area contributed by atoms with Gasteiger partial charge in [-0.05, 0) is 18.6 Å². The lowest BCUT2D eigenvalue weighted by Crippen LogP contribution is -2.51. The van der Waals surface area contributed by atoms with Gasteiger partial charge in [-0.15, -0.1) is 23.2 Å². The Bertz CT molecular complexity index is 733. The van der Waals surface area contributed by atoms with Crippen LogP contribution >= 0.6 is 23.2 Å². The van der Waals surface area contributed by atoms with Gasteiger partial charge >= 0.3 is 0 Å². The third-order valence-corrected chi connectivity index (χ3v) is 6.90. The number of alkyl halides is 2. The van der Waals surface area contributed by atoms with Crippen molar-refractivity contribution in [1.82, 2.24) is 9.21 Å². The van der Waals surface area contributed by atoms with Crippen LogP contribution in [-0.4, -0.2) is 54.0 Å². The van der Waals surface area contributed by atoms with Crippen molar-refractivity contribution >= 4 is 39.1 Å². The van der Waals surface area contributed by atoms with E-state index in [1.807, 2.05) is 0 Å². The summed E-state index contributed by atoms with van der Waals surface area (Å²) in [4.78, 5) is 13.4. The highest BCUT2D eigenvalue weighted by Gasteiger charge is 2.57. The minimum Gasteiger partial charge on any atom is -0.340 e. The Morgan fingerprint density at radius 2 is 1.74 bits per heavy atom. The molecule has 1 amide bonds. The molecule has 126 valence electrons. The highest BCUT2D eigenvalue weighted by atomic mass is 35.5. The largest absolute Gasteiger partial charge is 0.340 e. The van der Waals surface area contributed by atoms with Crippen molar-refractivity contribution in [2.45, 2.75) is 15.6 Å². The van der Waals surface area contributed by atoms with Gasteiger partial charge < -0.3 is 4.90 Å². The summed E-state index contributed by atoms with van der Waals surface area (Å²) < 4.78 is 38.9. The van der Waals surface area contributed by atoms with E-state index in [2.05, 4.69) is 0 Å². The number of amides is 1. The van der Waals surface area contributed by atoms with E-state index in [9.17, 15) is 17.6 Å². The topological polar surface area (TPSA) is 57.7 Å². The number of nitrogens with zero attached hydrogens (tertiary/aromatic N) is 2. The Labute approximate surface area is 144 Å². The Morgan fingerprint density at radius 3 is 2.26 bits per heavy atom. The van der Waals surface area contributed by atoms with Crippen LogP contribution in [0.4, 0.5) is 4.39 Å². The lowest BCUT2D eigenvalue weighted by atomic mass is 10.3. The minimum absolute atomic E-state index is 0.118. The molecule has 3 rings (SSSR count).